The zero-order valence-electron chi connectivity index (χ0n) is 8.80. The molecule has 3 heteroatoms. The smallest absolute Gasteiger partial charge is 0.244 e. The average Bonchev–Trinajstić information content (AvgIpc) is 2.43. The van der Waals surface area contributed by atoms with Gasteiger partial charge in [-0.15, -0.1) is 0 Å². The zero-order chi connectivity index (χ0) is 10.2. The van der Waals surface area contributed by atoms with Crippen LogP contribution < -0.4 is 5.32 Å². The number of hydrogen-bond donors (Lipinski definition) is 1. The van der Waals surface area contributed by atoms with Gasteiger partial charge in [0.25, 0.3) is 0 Å². The van der Waals surface area contributed by atoms with Gasteiger partial charge in [-0.05, 0) is 38.2 Å². The fraction of sp³-hybridized carbons (Fsp3) is 0.727. The van der Waals surface area contributed by atoms with E-state index in [9.17, 15) is 4.79 Å². The Morgan fingerprint density at radius 2 is 2.14 bits per heavy atom. The molecule has 78 valence electrons. The first kappa shape index (κ1) is 9.71. The van der Waals surface area contributed by atoms with Crippen molar-refractivity contribution in [3.63, 3.8) is 0 Å². The maximum Gasteiger partial charge on any atom is 0.244 e. The van der Waals surface area contributed by atoms with Crippen molar-refractivity contribution in [1.82, 2.24) is 5.32 Å². The molecule has 2 aliphatic rings. The number of carbonyl (C=O) groups is 1. The minimum Gasteiger partial charge on any atom is -0.381 e. The summed E-state index contributed by atoms with van der Waals surface area (Å²) in [5.74, 6) is 0.0679. The van der Waals surface area contributed by atoms with Gasteiger partial charge in [-0.2, -0.15) is 0 Å². The molecule has 14 heavy (non-hydrogen) atoms. The molecule has 1 spiro atoms. The molecule has 1 aliphatic carbocycles. The largest absolute Gasteiger partial charge is 0.381 e. The van der Waals surface area contributed by atoms with Crippen LogP contribution in [-0.4, -0.2) is 24.7 Å². The summed E-state index contributed by atoms with van der Waals surface area (Å²) in [4.78, 5) is 11.3. The molecule has 0 aromatic carbocycles. The van der Waals surface area contributed by atoms with Crippen LogP contribution in [0.5, 0.6) is 0 Å². The second-order valence-electron chi connectivity index (χ2n) is 4.33. The third-order valence-electron chi connectivity index (χ3n) is 3.58. The topological polar surface area (TPSA) is 38.3 Å². The van der Waals surface area contributed by atoms with Gasteiger partial charge in [0.05, 0.1) is 11.6 Å². The van der Waals surface area contributed by atoms with Crippen molar-refractivity contribution in [2.24, 2.45) is 0 Å². The van der Waals surface area contributed by atoms with Crippen LogP contribution in [0.15, 0.2) is 11.6 Å². The molecule has 3 nitrogen and oxygen atoms in total. The Bertz CT molecular complexity index is 275. The number of hydrogen-bond acceptors (Lipinski definition) is 2. The van der Waals surface area contributed by atoms with E-state index in [2.05, 4.69) is 5.32 Å². The molecule has 1 heterocycles. The molecule has 0 atom stereocenters. The summed E-state index contributed by atoms with van der Waals surface area (Å²) in [6.07, 6.45) is 6.22. The lowest BCUT2D eigenvalue weighted by Crippen LogP contribution is -2.47. The van der Waals surface area contributed by atoms with Gasteiger partial charge < -0.3 is 10.1 Å². The quantitative estimate of drug-likeness (QED) is 0.686. The van der Waals surface area contributed by atoms with Crippen LogP contribution in [0.3, 0.4) is 0 Å². The average molecular weight is 195 g/mol. The molecule has 0 aromatic heterocycles. The van der Waals surface area contributed by atoms with Crippen molar-refractivity contribution >= 4 is 5.91 Å². The van der Waals surface area contributed by atoms with Gasteiger partial charge in [-0.1, -0.05) is 0 Å². The number of ether oxygens (including phenoxy) is 1. The number of carbonyl (C=O) groups excluding carboxylic acids is 1. The Morgan fingerprint density at radius 1 is 1.50 bits per heavy atom. The van der Waals surface area contributed by atoms with E-state index in [0.717, 1.165) is 25.7 Å². The van der Waals surface area contributed by atoms with Gasteiger partial charge in [0, 0.05) is 13.2 Å². The van der Waals surface area contributed by atoms with E-state index >= 15 is 0 Å². The van der Waals surface area contributed by atoms with Crippen molar-refractivity contribution in [2.45, 2.75) is 44.2 Å². The molecule has 1 saturated carbocycles. The first-order valence-corrected chi connectivity index (χ1v) is 5.20. The van der Waals surface area contributed by atoms with Crippen molar-refractivity contribution in [2.75, 3.05) is 7.11 Å². The first-order chi connectivity index (χ1) is 6.66. The molecule has 1 N–H and O–H groups in total. The summed E-state index contributed by atoms with van der Waals surface area (Å²) in [7, 11) is 1.76. The lowest BCUT2D eigenvalue weighted by Gasteiger charge is -2.38. The van der Waals surface area contributed by atoms with Gasteiger partial charge in [-0.25, -0.2) is 0 Å². The monoisotopic (exact) mass is 195 g/mol. The number of nitrogens with one attached hydrogen (secondary N) is 1. The zero-order valence-corrected chi connectivity index (χ0v) is 8.80. The minimum atomic E-state index is -0.0356. The number of rotatable bonds is 1. The van der Waals surface area contributed by atoms with Gasteiger partial charge in [-0.3, -0.25) is 4.79 Å². The highest BCUT2D eigenvalue weighted by atomic mass is 16.5. The van der Waals surface area contributed by atoms with Crippen molar-refractivity contribution < 1.29 is 9.53 Å². The van der Waals surface area contributed by atoms with Crippen molar-refractivity contribution in [3.05, 3.63) is 11.6 Å². The highest BCUT2D eigenvalue weighted by Gasteiger charge is 2.41. The van der Waals surface area contributed by atoms with Gasteiger partial charge in [0.15, 0.2) is 0 Å². The molecular weight excluding hydrogens is 178 g/mol. The Kier molecular flexibility index (Phi) is 2.35. The molecular formula is C11H17NO2. The van der Waals surface area contributed by atoms with Gasteiger partial charge in [0.1, 0.15) is 0 Å². The van der Waals surface area contributed by atoms with E-state index in [1.165, 1.54) is 5.57 Å². The van der Waals surface area contributed by atoms with E-state index in [4.69, 9.17) is 4.74 Å². The maximum atomic E-state index is 11.3. The minimum absolute atomic E-state index is 0.0356. The number of methoxy groups -OCH3 is 1. The lowest BCUT2D eigenvalue weighted by atomic mass is 9.77. The second kappa shape index (κ2) is 3.39. The fourth-order valence-corrected chi connectivity index (χ4v) is 2.54. The molecule has 0 radical (unpaired) electrons. The van der Waals surface area contributed by atoms with Crippen molar-refractivity contribution in [3.8, 4) is 0 Å². The van der Waals surface area contributed by atoms with E-state index in [0.29, 0.717) is 6.10 Å². The Morgan fingerprint density at radius 3 is 2.57 bits per heavy atom. The molecule has 1 amide bonds. The van der Waals surface area contributed by atoms with Crippen LogP contribution in [0.25, 0.3) is 0 Å². The van der Waals surface area contributed by atoms with Crippen LogP contribution in [0.4, 0.5) is 0 Å². The summed E-state index contributed by atoms with van der Waals surface area (Å²) in [6.45, 7) is 2.05. The van der Waals surface area contributed by atoms with E-state index in [1.54, 1.807) is 13.2 Å². The third kappa shape index (κ3) is 1.46. The SMILES string of the molecule is COC1CCC2(CC1)NC(=O)C=C2C. The highest BCUT2D eigenvalue weighted by Crippen LogP contribution is 2.37. The summed E-state index contributed by atoms with van der Waals surface area (Å²) >= 11 is 0. The van der Waals surface area contributed by atoms with Gasteiger partial charge in [0.2, 0.25) is 5.91 Å². The lowest BCUT2D eigenvalue weighted by molar-refractivity contribution is -0.117. The van der Waals surface area contributed by atoms with E-state index in [-0.39, 0.29) is 11.4 Å². The third-order valence-corrected chi connectivity index (χ3v) is 3.58. The van der Waals surface area contributed by atoms with Crippen LogP contribution >= 0.6 is 0 Å². The summed E-state index contributed by atoms with van der Waals surface area (Å²) in [5, 5.41) is 3.08. The Hall–Kier alpha value is -0.830. The highest BCUT2D eigenvalue weighted by molar-refractivity contribution is 5.92. The van der Waals surface area contributed by atoms with Crippen molar-refractivity contribution in [1.29, 1.82) is 0 Å². The molecule has 0 unspecified atom stereocenters. The maximum absolute atomic E-state index is 11.3. The summed E-state index contributed by atoms with van der Waals surface area (Å²) < 4.78 is 5.32. The molecule has 1 fully saturated rings. The molecule has 0 bridgehead atoms. The first-order valence-electron chi connectivity index (χ1n) is 5.20. The molecule has 1 aliphatic heterocycles. The van der Waals surface area contributed by atoms with Crippen LogP contribution in [0.2, 0.25) is 0 Å². The normalized spacial score (nSPS) is 37.1. The Balaban J connectivity index is 2.07. The standard InChI is InChI=1S/C11H17NO2/c1-8-7-10(13)12-11(8)5-3-9(14-2)4-6-11/h7,9H,3-6H2,1-2H3,(H,12,13). The van der Waals surface area contributed by atoms with Crippen LogP contribution in [0, 0.1) is 0 Å². The molecule has 0 aromatic rings. The second-order valence-corrected chi connectivity index (χ2v) is 4.33. The molecule has 2 rings (SSSR count). The predicted molar refractivity (Wildman–Crippen MR) is 53.9 cm³/mol. The van der Waals surface area contributed by atoms with Crippen LogP contribution in [-0.2, 0) is 9.53 Å². The number of amides is 1. The van der Waals surface area contributed by atoms with Gasteiger partial charge >= 0.3 is 0 Å². The van der Waals surface area contributed by atoms with E-state index in [1.807, 2.05) is 6.92 Å². The predicted octanol–water partition coefficient (Wildman–Crippen LogP) is 1.39. The summed E-state index contributed by atoms with van der Waals surface area (Å²) in [5.41, 5.74) is 1.16. The van der Waals surface area contributed by atoms with Crippen LogP contribution in [0.1, 0.15) is 32.6 Å². The van der Waals surface area contributed by atoms with E-state index < -0.39 is 0 Å². The molecule has 0 saturated heterocycles. The fourth-order valence-electron chi connectivity index (χ4n) is 2.54. The summed E-state index contributed by atoms with van der Waals surface area (Å²) in [6, 6.07) is 0. The Labute approximate surface area is 84.5 Å².